The molecule has 1 rings (SSSR count). The molecule has 0 amide bonds. The minimum Gasteiger partial charge on any atom is -0.310 e. The molecule has 15 heavy (non-hydrogen) atoms. The normalized spacial score (nSPS) is 9.33. The van der Waals surface area contributed by atoms with Crippen LogP contribution in [-0.2, 0) is 0 Å². The van der Waals surface area contributed by atoms with Crippen LogP contribution >= 0.6 is 0 Å². The Kier molecular flexibility index (Phi) is 11.6. The average molecular weight is 208 g/mol. The molecule has 0 fully saturated rings. The quantitative estimate of drug-likeness (QED) is 0.672. The first-order valence-electron chi connectivity index (χ1n) is 5.52. The summed E-state index contributed by atoms with van der Waals surface area (Å²) in [6.07, 6.45) is 3.69. The first kappa shape index (κ1) is 16.1. The second-order valence-electron chi connectivity index (χ2n) is 2.38. The van der Waals surface area contributed by atoms with Crippen LogP contribution in [0.4, 0.5) is 0 Å². The smallest absolute Gasteiger partial charge is 0.131 e. The first-order chi connectivity index (χ1) is 7.27. The van der Waals surface area contributed by atoms with Gasteiger partial charge in [-0.05, 0) is 24.6 Å². The Labute approximate surface area is 94.0 Å². The lowest BCUT2D eigenvalue weighted by Crippen LogP contribution is -2.15. The highest BCUT2D eigenvalue weighted by atomic mass is 15.0. The van der Waals surface area contributed by atoms with Crippen molar-refractivity contribution in [3.8, 4) is 0 Å². The van der Waals surface area contributed by atoms with Crippen LogP contribution in [0.3, 0.4) is 0 Å². The second-order valence-corrected chi connectivity index (χ2v) is 2.38. The van der Waals surface area contributed by atoms with Gasteiger partial charge in [0.15, 0.2) is 0 Å². The van der Waals surface area contributed by atoms with Gasteiger partial charge < -0.3 is 4.57 Å². The second kappa shape index (κ2) is 10.8. The van der Waals surface area contributed by atoms with Crippen molar-refractivity contribution in [2.24, 2.45) is 4.99 Å². The molecular weight excluding hydrogens is 184 g/mol. The van der Waals surface area contributed by atoms with E-state index < -0.39 is 0 Å². The zero-order valence-electron chi connectivity index (χ0n) is 10.9. The lowest BCUT2D eigenvalue weighted by atomic mass is 10.3. The van der Waals surface area contributed by atoms with Crippen molar-refractivity contribution < 1.29 is 0 Å². The predicted molar refractivity (Wildman–Crippen MR) is 69.7 cm³/mol. The van der Waals surface area contributed by atoms with E-state index in [1.54, 1.807) is 13.2 Å². The number of hydrogen-bond acceptors (Lipinski definition) is 1. The molecular formula is C13H24N2. The monoisotopic (exact) mass is 208 g/mol. The van der Waals surface area contributed by atoms with Gasteiger partial charge in [-0.3, -0.25) is 4.99 Å². The standard InChI is InChI=1S/C9H12N2.2C2H6/c1-4-11-6-5-8(2)7-9(11)10-3;2*1-2/h4-7H,1H2,2-3H3;2*1-2H3. The van der Waals surface area contributed by atoms with E-state index in [-0.39, 0.29) is 0 Å². The van der Waals surface area contributed by atoms with E-state index in [1.807, 2.05) is 57.5 Å². The fourth-order valence-corrected chi connectivity index (χ4v) is 0.935. The zero-order valence-corrected chi connectivity index (χ0v) is 10.9. The molecule has 0 saturated carbocycles. The van der Waals surface area contributed by atoms with Gasteiger partial charge in [-0.25, -0.2) is 0 Å². The maximum Gasteiger partial charge on any atom is 0.131 e. The molecule has 1 heterocycles. The van der Waals surface area contributed by atoms with Crippen molar-refractivity contribution >= 4 is 6.20 Å². The van der Waals surface area contributed by atoms with Gasteiger partial charge in [0.1, 0.15) is 5.49 Å². The molecule has 0 aliphatic carbocycles. The van der Waals surface area contributed by atoms with E-state index in [0.717, 1.165) is 5.49 Å². The van der Waals surface area contributed by atoms with Gasteiger partial charge in [-0.2, -0.15) is 0 Å². The molecule has 0 unspecified atom stereocenters. The van der Waals surface area contributed by atoms with E-state index in [0.29, 0.717) is 0 Å². The summed E-state index contributed by atoms with van der Waals surface area (Å²) in [4.78, 5) is 4.09. The van der Waals surface area contributed by atoms with Crippen LogP contribution in [0.25, 0.3) is 6.20 Å². The van der Waals surface area contributed by atoms with Crippen molar-refractivity contribution in [3.05, 3.63) is 36.0 Å². The molecule has 0 aromatic carbocycles. The lowest BCUT2D eigenvalue weighted by molar-refractivity contribution is 0.983. The number of nitrogens with zero attached hydrogens (tertiary/aromatic N) is 2. The van der Waals surface area contributed by atoms with Crippen LogP contribution in [0.1, 0.15) is 33.3 Å². The lowest BCUT2D eigenvalue weighted by Gasteiger charge is -1.99. The highest BCUT2D eigenvalue weighted by Gasteiger charge is 1.86. The van der Waals surface area contributed by atoms with Crippen LogP contribution < -0.4 is 5.49 Å². The van der Waals surface area contributed by atoms with Crippen LogP contribution in [0, 0.1) is 6.92 Å². The highest BCUT2D eigenvalue weighted by molar-refractivity contribution is 5.20. The molecule has 0 aliphatic heterocycles. The Bertz CT molecular complexity index is 322. The van der Waals surface area contributed by atoms with Gasteiger partial charge in [0.25, 0.3) is 0 Å². The van der Waals surface area contributed by atoms with Crippen molar-refractivity contribution in [2.45, 2.75) is 34.6 Å². The number of aryl methyl sites for hydroxylation is 1. The summed E-state index contributed by atoms with van der Waals surface area (Å²) in [7, 11) is 1.77. The summed E-state index contributed by atoms with van der Waals surface area (Å²) in [6.45, 7) is 13.7. The third-order valence-electron chi connectivity index (χ3n) is 1.55. The minimum absolute atomic E-state index is 0.931. The molecule has 0 atom stereocenters. The Balaban J connectivity index is 0. The van der Waals surface area contributed by atoms with Crippen LogP contribution in [0.5, 0.6) is 0 Å². The summed E-state index contributed by atoms with van der Waals surface area (Å²) < 4.78 is 1.88. The topological polar surface area (TPSA) is 17.3 Å². The van der Waals surface area contributed by atoms with Gasteiger partial charge in [-0.1, -0.05) is 34.3 Å². The zero-order chi connectivity index (χ0) is 12.3. The molecule has 86 valence electrons. The number of rotatable bonds is 1. The SMILES string of the molecule is C=Cn1ccc(C)cc1=NC.CC.CC. The van der Waals surface area contributed by atoms with E-state index in [4.69, 9.17) is 0 Å². The summed E-state index contributed by atoms with van der Waals surface area (Å²) in [5, 5.41) is 0. The third-order valence-corrected chi connectivity index (χ3v) is 1.55. The summed E-state index contributed by atoms with van der Waals surface area (Å²) in [5.74, 6) is 0. The van der Waals surface area contributed by atoms with Gasteiger partial charge >= 0.3 is 0 Å². The van der Waals surface area contributed by atoms with Crippen LogP contribution in [-0.4, -0.2) is 11.6 Å². The Morgan fingerprint density at radius 3 is 2.20 bits per heavy atom. The number of aromatic nitrogens is 1. The van der Waals surface area contributed by atoms with E-state index in [9.17, 15) is 0 Å². The number of pyridine rings is 1. The molecule has 2 nitrogen and oxygen atoms in total. The van der Waals surface area contributed by atoms with Gasteiger partial charge in [-0.15, -0.1) is 0 Å². The molecule has 1 aromatic heterocycles. The van der Waals surface area contributed by atoms with Gasteiger partial charge in [0.2, 0.25) is 0 Å². The molecule has 0 N–H and O–H groups in total. The maximum atomic E-state index is 4.09. The van der Waals surface area contributed by atoms with E-state index >= 15 is 0 Å². The third kappa shape index (κ3) is 5.89. The fourth-order valence-electron chi connectivity index (χ4n) is 0.935. The van der Waals surface area contributed by atoms with Crippen molar-refractivity contribution in [2.75, 3.05) is 7.05 Å². The predicted octanol–water partition coefficient (Wildman–Crippen LogP) is 3.48. The Hall–Kier alpha value is -1.31. The van der Waals surface area contributed by atoms with Crippen LogP contribution in [0.15, 0.2) is 29.9 Å². The summed E-state index contributed by atoms with van der Waals surface area (Å²) >= 11 is 0. The van der Waals surface area contributed by atoms with E-state index in [2.05, 4.69) is 11.6 Å². The van der Waals surface area contributed by atoms with Gasteiger partial charge in [0, 0.05) is 19.4 Å². The summed E-state index contributed by atoms with van der Waals surface area (Å²) in [6, 6.07) is 4.04. The highest BCUT2D eigenvalue weighted by Crippen LogP contribution is 1.90. The maximum absolute atomic E-state index is 4.09. The molecule has 0 bridgehead atoms. The Morgan fingerprint density at radius 2 is 1.80 bits per heavy atom. The van der Waals surface area contributed by atoms with Gasteiger partial charge in [0.05, 0.1) is 0 Å². The molecule has 0 saturated heterocycles. The largest absolute Gasteiger partial charge is 0.310 e. The molecule has 0 aliphatic rings. The van der Waals surface area contributed by atoms with Crippen LogP contribution in [0.2, 0.25) is 0 Å². The van der Waals surface area contributed by atoms with Crippen molar-refractivity contribution in [1.29, 1.82) is 0 Å². The summed E-state index contributed by atoms with van der Waals surface area (Å²) in [5.41, 5.74) is 2.14. The average Bonchev–Trinajstić information content (AvgIpc) is 2.34. The minimum atomic E-state index is 0.931. The molecule has 2 heteroatoms. The van der Waals surface area contributed by atoms with E-state index in [1.165, 1.54) is 5.56 Å². The van der Waals surface area contributed by atoms with Crippen molar-refractivity contribution in [1.82, 2.24) is 4.57 Å². The Morgan fingerprint density at radius 1 is 1.27 bits per heavy atom. The van der Waals surface area contributed by atoms with Crippen molar-refractivity contribution in [3.63, 3.8) is 0 Å². The molecule has 0 radical (unpaired) electrons. The molecule has 1 aromatic rings. The fraction of sp³-hybridized carbons (Fsp3) is 0.462. The first-order valence-corrected chi connectivity index (χ1v) is 5.52. The molecule has 0 spiro atoms. The number of hydrogen-bond donors (Lipinski definition) is 0.